The van der Waals surface area contributed by atoms with Crippen LogP contribution in [0.3, 0.4) is 0 Å². The number of hydrogen-bond donors (Lipinski definition) is 1. The van der Waals surface area contributed by atoms with Gasteiger partial charge in [0, 0.05) is 13.1 Å². The Kier molecular flexibility index (Phi) is 5.60. The summed E-state index contributed by atoms with van der Waals surface area (Å²) in [5.41, 5.74) is 1.85. The van der Waals surface area contributed by atoms with E-state index in [2.05, 4.69) is 5.32 Å². The summed E-state index contributed by atoms with van der Waals surface area (Å²) >= 11 is 0. The monoisotopic (exact) mass is 333 g/mol. The minimum atomic E-state index is -3.61. The van der Waals surface area contributed by atoms with Gasteiger partial charge in [-0.3, -0.25) is 13.6 Å². The van der Waals surface area contributed by atoms with Crippen molar-refractivity contribution in [1.29, 1.82) is 0 Å². The minimum Gasteiger partial charge on any atom is -0.311 e. The van der Waals surface area contributed by atoms with E-state index in [0.717, 1.165) is 11.1 Å². The van der Waals surface area contributed by atoms with Crippen molar-refractivity contribution in [2.75, 3.05) is 13.1 Å². The van der Waals surface area contributed by atoms with Gasteiger partial charge < -0.3 is 5.32 Å². The normalized spacial score (nSPS) is 15.3. The van der Waals surface area contributed by atoms with E-state index >= 15 is 0 Å². The van der Waals surface area contributed by atoms with Crippen LogP contribution in [0.1, 0.15) is 11.1 Å². The van der Waals surface area contributed by atoms with Gasteiger partial charge in [0.05, 0.1) is 19.3 Å². The Bertz CT molecular complexity index is 599. The summed E-state index contributed by atoms with van der Waals surface area (Å²) in [5, 5.41) is 3.07. The molecule has 0 bridgehead atoms. The van der Waals surface area contributed by atoms with Crippen molar-refractivity contribution in [2.45, 2.75) is 19.3 Å². The summed E-state index contributed by atoms with van der Waals surface area (Å²) in [6, 6.07) is 19.1. The highest BCUT2D eigenvalue weighted by Gasteiger charge is 2.33. The molecular weight excluding hydrogens is 313 g/mol. The Morgan fingerprint density at radius 3 is 1.74 bits per heavy atom. The average molecular weight is 333 g/mol. The molecule has 2 aromatic rings. The van der Waals surface area contributed by atoms with Gasteiger partial charge in [-0.1, -0.05) is 60.7 Å². The maximum atomic E-state index is 12.9. The van der Waals surface area contributed by atoms with Crippen LogP contribution in [-0.2, 0) is 31.4 Å². The van der Waals surface area contributed by atoms with Crippen LogP contribution in [0.4, 0.5) is 0 Å². The van der Waals surface area contributed by atoms with Gasteiger partial charge in [0.15, 0.2) is 0 Å². The fraction of sp³-hybridized carbons (Fsp3) is 0.294. The third-order valence-corrected chi connectivity index (χ3v) is 4.93. The molecule has 1 aliphatic heterocycles. The molecule has 0 aliphatic carbocycles. The first-order valence-corrected chi connectivity index (χ1v) is 9.06. The minimum absolute atomic E-state index is 0.132. The smallest absolute Gasteiger partial charge is 0.311 e. The average Bonchev–Trinajstić information content (AvgIpc) is 2.57. The predicted octanol–water partition coefficient (Wildman–Crippen LogP) is 3.52. The number of phosphoric ester groups is 1. The van der Waals surface area contributed by atoms with Crippen LogP contribution in [0, 0.1) is 0 Å². The number of nitrogens with one attached hydrogen (secondary N) is 1. The van der Waals surface area contributed by atoms with Crippen molar-refractivity contribution >= 4 is 7.82 Å². The molecule has 0 saturated carbocycles. The maximum absolute atomic E-state index is 12.9. The third-order valence-electron chi connectivity index (χ3n) is 3.49. The van der Waals surface area contributed by atoms with Crippen molar-refractivity contribution in [3.8, 4) is 0 Å². The zero-order valence-corrected chi connectivity index (χ0v) is 13.7. The van der Waals surface area contributed by atoms with E-state index in [0.29, 0.717) is 13.1 Å². The lowest BCUT2D eigenvalue weighted by Crippen LogP contribution is -2.48. The van der Waals surface area contributed by atoms with Crippen LogP contribution in [0.25, 0.3) is 0 Å². The quantitative estimate of drug-likeness (QED) is 0.749. The van der Waals surface area contributed by atoms with E-state index in [-0.39, 0.29) is 19.3 Å². The molecule has 122 valence electrons. The highest BCUT2D eigenvalue weighted by molar-refractivity contribution is 7.48. The molecule has 1 fully saturated rings. The molecule has 2 aromatic carbocycles. The molecule has 0 spiro atoms. The Labute approximate surface area is 136 Å². The molecule has 1 aliphatic rings. The number of hydrogen-bond acceptors (Lipinski definition) is 5. The van der Waals surface area contributed by atoms with Crippen LogP contribution in [0.5, 0.6) is 0 Å². The van der Waals surface area contributed by atoms with Crippen LogP contribution in [0.2, 0.25) is 0 Å². The molecule has 0 amide bonds. The second-order valence-corrected chi connectivity index (χ2v) is 6.97. The Hall–Kier alpha value is -1.49. The van der Waals surface area contributed by atoms with E-state index in [1.165, 1.54) is 0 Å². The highest BCUT2D eigenvalue weighted by atomic mass is 31.2. The van der Waals surface area contributed by atoms with Crippen molar-refractivity contribution < 1.29 is 18.1 Å². The molecule has 5 nitrogen and oxygen atoms in total. The standard InChI is InChI=1S/C17H20NO4P/c19-23(22-17-11-18-12-17,20-13-15-7-3-1-4-8-15)21-14-16-9-5-2-6-10-16/h1-10,17-18H,11-14H2. The van der Waals surface area contributed by atoms with Gasteiger partial charge in [-0.15, -0.1) is 0 Å². The number of phosphoric acid groups is 1. The molecule has 0 atom stereocenters. The topological polar surface area (TPSA) is 56.8 Å². The molecule has 23 heavy (non-hydrogen) atoms. The van der Waals surface area contributed by atoms with E-state index in [4.69, 9.17) is 13.6 Å². The Balaban J connectivity index is 1.62. The van der Waals surface area contributed by atoms with E-state index in [1.54, 1.807) is 0 Å². The summed E-state index contributed by atoms with van der Waals surface area (Å²) in [6.07, 6.45) is -0.132. The summed E-state index contributed by atoms with van der Waals surface area (Å²) in [4.78, 5) is 0. The lowest BCUT2D eigenvalue weighted by Gasteiger charge is -2.30. The van der Waals surface area contributed by atoms with Crippen molar-refractivity contribution in [3.63, 3.8) is 0 Å². The van der Waals surface area contributed by atoms with Crippen molar-refractivity contribution in [1.82, 2.24) is 5.32 Å². The number of benzene rings is 2. The van der Waals surface area contributed by atoms with Crippen LogP contribution >= 0.6 is 7.82 Å². The molecule has 3 rings (SSSR count). The van der Waals surface area contributed by atoms with Gasteiger partial charge >= 0.3 is 7.82 Å². The van der Waals surface area contributed by atoms with Gasteiger partial charge in [0.2, 0.25) is 0 Å². The van der Waals surface area contributed by atoms with Gasteiger partial charge in [-0.2, -0.15) is 0 Å². The summed E-state index contributed by atoms with van der Waals surface area (Å²) in [6.45, 7) is 1.70. The highest BCUT2D eigenvalue weighted by Crippen LogP contribution is 2.52. The van der Waals surface area contributed by atoms with E-state index < -0.39 is 7.82 Å². The zero-order chi connectivity index (χ0) is 16.0. The summed E-state index contributed by atoms with van der Waals surface area (Å²) in [5.74, 6) is 0. The first-order valence-electron chi connectivity index (χ1n) is 7.60. The second-order valence-electron chi connectivity index (χ2n) is 5.35. The molecule has 1 saturated heterocycles. The van der Waals surface area contributed by atoms with Crippen LogP contribution in [-0.4, -0.2) is 19.2 Å². The molecule has 0 aromatic heterocycles. The first kappa shape index (κ1) is 16.4. The van der Waals surface area contributed by atoms with Crippen LogP contribution < -0.4 is 5.32 Å². The summed E-state index contributed by atoms with van der Waals surface area (Å²) in [7, 11) is -3.61. The Morgan fingerprint density at radius 1 is 0.870 bits per heavy atom. The largest absolute Gasteiger partial charge is 0.475 e. The Morgan fingerprint density at radius 2 is 1.35 bits per heavy atom. The fourth-order valence-electron chi connectivity index (χ4n) is 2.07. The van der Waals surface area contributed by atoms with Crippen molar-refractivity contribution in [3.05, 3.63) is 71.8 Å². The molecule has 1 N–H and O–H groups in total. The molecular formula is C17H20NO4P. The molecule has 1 heterocycles. The second kappa shape index (κ2) is 7.86. The molecule has 0 radical (unpaired) electrons. The van der Waals surface area contributed by atoms with Crippen molar-refractivity contribution in [2.24, 2.45) is 0 Å². The van der Waals surface area contributed by atoms with Crippen LogP contribution in [0.15, 0.2) is 60.7 Å². The predicted molar refractivity (Wildman–Crippen MR) is 87.8 cm³/mol. The lowest BCUT2D eigenvalue weighted by molar-refractivity contribution is 0.0488. The number of rotatable bonds is 8. The van der Waals surface area contributed by atoms with Gasteiger partial charge in [0.25, 0.3) is 0 Å². The van der Waals surface area contributed by atoms with Gasteiger partial charge in [-0.05, 0) is 11.1 Å². The first-order chi connectivity index (χ1) is 11.2. The van der Waals surface area contributed by atoms with Gasteiger partial charge in [-0.25, -0.2) is 4.57 Å². The summed E-state index contributed by atoms with van der Waals surface area (Å²) < 4.78 is 29.5. The van der Waals surface area contributed by atoms with E-state index in [9.17, 15) is 4.57 Å². The fourth-order valence-corrected chi connectivity index (χ4v) is 3.40. The lowest BCUT2D eigenvalue weighted by atomic mass is 10.2. The van der Waals surface area contributed by atoms with E-state index in [1.807, 2.05) is 60.7 Å². The SMILES string of the molecule is O=P(OCc1ccccc1)(OCc1ccccc1)OC1CNC1. The molecule has 0 unspecified atom stereocenters. The zero-order valence-electron chi connectivity index (χ0n) is 12.8. The van der Waals surface area contributed by atoms with Gasteiger partial charge in [0.1, 0.15) is 0 Å². The maximum Gasteiger partial charge on any atom is 0.475 e. The third kappa shape index (κ3) is 4.99. The molecule has 6 heteroatoms.